The lowest BCUT2D eigenvalue weighted by Gasteiger charge is -2.24. The summed E-state index contributed by atoms with van der Waals surface area (Å²) in [6, 6.07) is 46.6. The fourth-order valence-electron chi connectivity index (χ4n) is 6.87. The molecule has 0 spiro atoms. The molecular weight excluding hydrogens is 723 g/mol. The molecule has 0 radical (unpaired) electrons. The lowest BCUT2D eigenvalue weighted by atomic mass is 9.87. The summed E-state index contributed by atoms with van der Waals surface area (Å²) >= 11 is 3.59. The molecule has 0 aliphatic heterocycles. The largest absolute Gasteiger partial charge is 0.497 e. The lowest BCUT2D eigenvalue weighted by Crippen LogP contribution is -2.10. The van der Waals surface area contributed by atoms with Crippen molar-refractivity contribution in [2.45, 2.75) is 26.2 Å². The number of hydrogen-bond donors (Lipinski definition) is 0. The Morgan fingerprint density at radius 3 is 1.02 bits per heavy atom. The minimum absolute atomic E-state index is 0.0411. The van der Waals surface area contributed by atoms with E-state index in [0.717, 1.165) is 72.5 Å². The molecule has 55 heavy (non-hydrogen) atoms. The maximum atomic E-state index is 5.53. The Morgan fingerprint density at radius 2 is 0.745 bits per heavy atom. The van der Waals surface area contributed by atoms with E-state index in [1.54, 1.807) is 51.1 Å². The van der Waals surface area contributed by atoms with Crippen molar-refractivity contribution in [2.24, 2.45) is 0 Å². The van der Waals surface area contributed by atoms with Gasteiger partial charge >= 0.3 is 0 Å². The zero-order valence-electron chi connectivity index (χ0n) is 32.0. The molecule has 7 nitrogen and oxygen atoms in total. The number of anilines is 6. The highest BCUT2D eigenvalue weighted by Crippen LogP contribution is 2.51. The molecule has 0 aliphatic rings. The minimum atomic E-state index is 0.0411. The number of thiophene rings is 2. The second-order valence-electron chi connectivity index (χ2n) is 14.2. The van der Waals surface area contributed by atoms with Crippen LogP contribution in [0.2, 0.25) is 0 Å². The predicted octanol–water partition coefficient (Wildman–Crippen LogP) is 13.2. The van der Waals surface area contributed by atoms with Crippen molar-refractivity contribution in [3.8, 4) is 28.7 Å². The van der Waals surface area contributed by atoms with Gasteiger partial charge in [0.2, 0.25) is 0 Å². The number of ether oxygens (including phenoxy) is 4. The first-order chi connectivity index (χ1) is 26.7. The van der Waals surface area contributed by atoms with E-state index < -0.39 is 0 Å². The number of aromatic nitrogens is 1. The van der Waals surface area contributed by atoms with E-state index in [-0.39, 0.29) is 5.41 Å². The smallest absolute Gasteiger partial charge is 0.119 e. The Morgan fingerprint density at radius 1 is 0.436 bits per heavy atom. The molecule has 0 bridgehead atoms. The fourth-order valence-corrected chi connectivity index (χ4v) is 9.38. The van der Waals surface area contributed by atoms with Crippen molar-refractivity contribution in [1.82, 2.24) is 4.57 Å². The first-order valence-corrected chi connectivity index (χ1v) is 19.7. The van der Waals surface area contributed by atoms with Gasteiger partial charge in [0.15, 0.2) is 0 Å². The molecule has 0 amide bonds. The molecule has 0 aliphatic carbocycles. The summed E-state index contributed by atoms with van der Waals surface area (Å²) in [5.41, 5.74) is 8.89. The molecule has 0 saturated carbocycles. The zero-order valence-corrected chi connectivity index (χ0v) is 33.6. The summed E-state index contributed by atoms with van der Waals surface area (Å²) in [5, 5.41) is 2.19. The van der Waals surface area contributed by atoms with E-state index in [0.29, 0.717) is 0 Å². The highest BCUT2D eigenvalue weighted by Gasteiger charge is 2.25. The Kier molecular flexibility index (Phi) is 9.67. The van der Waals surface area contributed by atoms with E-state index in [1.807, 2.05) is 48.5 Å². The van der Waals surface area contributed by atoms with Gasteiger partial charge in [-0.05, 0) is 132 Å². The van der Waals surface area contributed by atoms with Crippen LogP contribution in [0.4, 0.5) is 32.8 Å². The number of hydrogen-bond acceptors (Lipinski definition) is 8. The van der Waals surface area contributed by atoms with Crippen LogP contribution in [0.1, 0.15) is 26.3 Å². The summed E-state index contributed by atoms with van der Waals surface area (Å²) in [6.45, 7) is 6.76. The first kappa shape index (κ1) is 36.1. The van der Waals surface area contributed by atoms with Gasteiger partial charge in [0.1, 0.15) is 33.0 Å². The summed E-state index contributed by atoms with van der Waals surface area (Å²) < 4.78 is 27.0. The first-order valence-electron chi connectivity index (χ1n) is 18.0. The lowest BCUT2D eigenvalue weighted by molar-refractivity contribution is 0.414. The molecule has 8 rings (SSSR count). The van der Waals surface area contributed by atoms with E-state index in [9.17, 15) is 0 Å². The normalized spacial score (nSPS) is 11.5. The van der Waals surface area contributed by atoms with Gasteiger partial charge in [0.25, 0.3) is 0 Å². The zero-order chi connectivity index (χ0) is 38.3. The second kappa shape index (κ2) is 14.7. The van der Waals surface area contributed by atoms with E-state index in [2.05, 4.69) is 120 Å². The number of benzene rings is 5. The molecule has 278 valence electrons. The predicted molar refractivity (Wildman–Crippen MR) is 231 cm³/mol. The molecule has 9 heteroatoms. The average molecular weight is 766 g/mol. The SMILES string of the molecule is COc1ccc(N(c2ccc(OC)cc2)c2cc3c(s2)c2sc(N(c4ccc(OC)cc4)c4ccc(OC)cc4)cc2n3-c2ccc(C(C)(C)C)cc2)cc1. The van der Waals surface area contributed by atoms with Gasteiger partial charge < -0.3 is 33.3 Å². The topological polar surface area (TPSA) is 48.3 Å². The van der Waals surface area contributed by atoms with Crippen LogP contribution in [0.15, 0.2) is 133 Å². The maximum absolute atomic E-state index is 5.53. The number of fused-ring (bicyclic) bond motifs is 3. The van der Waals surface area contributed by atoms with E-state index in [4.69, 9.17) is 18.9 Å². The molecule has 0 atom stereocenters. The Labute approximate surface area is 330 Å². The monoisotopic (exact) mass is 765 g/mol. The third kappa shape index (κ3) is 6.86. The van der Waals surface area contributed by atoms with Crippen LogP contribution in [0.3, 0.4) is 0 Å². The highest BCUT2D eigenvalue weighted by atomic mass is 32.1. The van der Waals surface area contributed by atoms with Crippen LogP contribution in [0.5, 0.6) is 23.0 Å². The molecular formula is C46H43N3O4S2. The summed E-state index contributed by atoms with van der Waals surface area (Å²) in [7, 11) is 6.78. The van der Waals surface area contributed by atoms with Gasteiger partial charge in [-0.2, -0.15) is 0 Å². The maximum Gasteiger partial charge on any atom is 0.119 e. The van der Waals surface area contributed by atoms with Crippen LogP contribution in [-0.2, 0) is 5.41 Å². The van der Waals surface area contributed by atoms with E-state index in [1.165, 1.54) is 15.0 Å². The second-order valence-corrected chi connectivity index (χ2v) is 16.3. The van der Waals surface area contributed by atoms with Crippen LogP contribution in [0, 0.1) is 0 Å². The molecule has 5 aromatic carbocycles. The van der Waals surface area contributed by atoms with Crippen molar-refractivity contribution in [3.05, 3.63) is 139 Å². The number of nitrogens with zero attached hydrogens (tertiary/aromatic N) is 3. The van der Waals surface area contributed by atoms with Crippen LogP contribution in [0.25, 0.3) is 26.1 Å². The van der Waals surface area contributed by atoms with Crippen molar-refractivity contribution >= 4 is 75.9 Å². The Balaban J connectivity index is 1.35. The molecule has 3 aromatic heterocycles. The summed E-state index contributed by atoms with van der Waals surface area (Å²) in [6.07, 6.45) is 0. The number of methoxy groups -OCH3 is 4. The quantitative estimate of drug-likeness (QED) is 0.131. The number of rotatable bonds is 11. The van der Waals surface area contributed by atoms with Crippen molar-refractivity contribution in [3.63, 3.8) is 0 Å². The summed E-state index contributed by atoms with van der Waals surface area (Å²) in [4.78, 5) is 4.61. The third-order valence-corrected chi connectivity index (χ3v) is 12.2. The van der Waals surface area contributed by atoms with Gasteiger partial charge in [0, 0.05) is 28.4 Å². The van der Waals surface area contributed by atoms with Gasteiger partial charge in [-0.3, -0.25) is 0 Å². The Hall–Kier alpha value is -5.90. The fraction of sp³-hybridized carbons (Fsp3) is 0.174. The molecule has 0 unspecified atom stereocenters. The van der Waals surface area contributed by atoms with Crippen molar-refractivity contribution < 1.29 is 18.9 Å². The highest BCUT2D eigenvalue weighted by molar-refractivity contribution is 7.31. The molecule has 0 saturated heterocycles. The molecule has 0 N–H and O–H groups in total. The molecule has 0 fully saturated rings. The molecule has 8 aromatic rings. The van der Waals surface area contributed by atoms with Gasteiger partial charge in [-0.15, -0.1) is 22.7 Å². The third-order valence-electron chi connectivity index (χ3n) is 9.84. The van der Waals surface area contributed by atoms with E-state index >= 15 is 0 Å². The summed E-state index contributed by atoms with van der Waals surface area (Å²) in [5.74, 6) is 3.24. The van der Waals surface area contributed by atoms with Gasteiger partial charge in [-0.1, -0.05) is 32.9 Å². The minimum Gasteiger partial charge on any atom is -0.497 e. The van der Waals surface area contributed by atoms with Gasteiger partial charge in [0.05, 0.1) is 48.9 Å². The average Bonchev–Trinajstić information content (AvgIpc) is 3.90. The van der Waals surface area contributed by atoms with Crippen molar-refractivity contribution in [2.75, 3.05) is 38.2 Å². The molecule has 3 heterocycles. The van der Waals surface area contributed by atoms with Crippen LogP contribution >= 0.6 is 22.7 Å². The Bertz CT molecular complexity index is 2300. The van der Waals surface area contributed by atoms with Crippen LogP contribution in [-0.4, -0.2) is 33.0 Å². The van der Waals surface area contributed by atoms with Crippen LogP contribution < -0.4 is 28.7 Å². The van der Waals surface area contributed by atoms with Crippen molar-refractivity contribution in [1.29, 1.82) is 0 Å². The standard InChI is InChI=1S/C46H43N3O4S2/c1-46(2,3)30-8-10-35(11-9-30)49-40-28-42(47(31-12-20-36(50-4)21-13-31)32-14-22-37(51-5)23-15-32)54-44(40)45-41(49)29-43(55-45)48(33-16-24-38(52-6)25-17-33)34-18-26-39(53-7)27-19-34/h8-29H,1-7H3. The van der Waals surface area contributed by atoms with Gasteiger partial charge in [-0.25, -0.2) is 0 Å².